The number of carbonyl (C=O) groups is 1. The van der Waals surface area contributed by atoms with E-state index < -0.39 is 16.9 Å². The summed E-state index contributed by atoms with van der Waals surface area (Å²) in [6, 6.07) is 1.94. The maximum Gasteiger partial charge on any atom is 0.326 e. The standard InChI is InChI=1S/C13H17N3O4/c17-13(18)11(9-5-2-1-3-6-9)15-12-10(16(19)20)7-4-8-14-12/h4,7-9,11H,1-3,5-6H2,(H,14,15)(H,17,18). The zero-order chi connectivity index (χ0) is 14.5. The Morgan fingerprint density at radius 2 is 2.15 bits per heavy atom. The SMILES string of the molecule is O=C(O)C(Nc1ncccc1[N+](=O)[O-])C1CCCCC1. The second-order valence-electron chi connectivity index (χ2n) is 4.99. The fourth-order valence-corrected chi connectivity index (χ4v) is 2.65. The topological polar surface area (TPSA) is 105 Å². The highest BCUT2D eigenvalue weighted by molar-refractivity contribution is 5.78. The van der Waals surface area contributed by atoms with Crippen molar-refractivity contribution in [2.45, 2.75) is 38.1 Å². The van der Waals surface area contributed by atoms with Gasteiger partial charge in [-0.2, -0.15) is 0 Å². The third kappa shape index (κ3) is 3.23. The molecule has 1 unspecified atom stereocenters. The fourth-order valence-electron chi connectivity index (χ4n) is 2.65. The third-order valence-electron chi connectivity index (χ3n) is 3.66. The van der Waals surface area contributed by atoms with Gasteiger partial charge in [-0.15, -0.1) is 0 Å². The van der Waals surface area contributed by atoms with Crippen molar-refractivity contribution in [1.82, 2.24) is 4.98 Å². The molecule has 7 nitrogen and oxygen atoms in total. The van der Waals surface area contributed by atoms with Gasteiger partial charge in [0.15, 0.2) is 0 Å². The van der Waals surface area contributed by atoms with Crippen molar-refractivity contribution >= 4 is 17.5 Å². The lowest BCUT2D eigenvalue weighted by Gasteiger charge is -2.28. The number of pyridine rings is 1. The van der Waals surface area contributed by atoms with E-state index in [0.717, 1.165) is 32.1 Å². The summed E-state index contributed by atoms with van der Waals surface area (Å²) in [4.78, 5) is 25.7. The van der Waals surface area contributed by atoms with E-state index in [4.69, 9.17) is 0 Å². The highest BCUT2D eigenvalue weighted by Crippen LogP contribution is 2.30. The van der Waals surface area contributed by atoms with Gasteiger partial charge in [0, 0.05) is 12.3 Å². The summed E-state index contributed by atoms with van der Waals surface area (Å²) in [6.07, 6.45) is 6.18. The molecule has 1 fully saturated rings. The average molecular weight is 279 g/mol. The molecule has 108 valence electrons. The molecule has 0 aliphatic heterocycles. The van der Waals surface area contributed by atoms with Gasteiger partial charge in [-0.1, -0.05) is 19.3 Å². The van der Waals surface area contributed by atoms with Crippen LogP contribution in [-0.4, -0.2) is 27.0 Å². The third-order valence-corrected chi connectivity index (χ3v) is 3.66. The molecule has 0 amide bonds. The van der Waals surface area contributed by atoms with Crippen molar-refractivity contribution in [3.63, 3.8) is 0 Å². The lowest BCUT2D eigenvalue weighted by Crippen LogP contribution is -2.38. The van der Waals surface area contributed by atoms with Crippen LogP contribution in [0, 0.1) is 16.0 Å². The van der Waals surface area contributed by atoms with Crippen molar-refractivity contribution < 1.29 is 14.8 Å². The number of rotatable bonds is 5. The molecule has 1 aliphatic carbocycles. The van der Waals surface area contributed by atoms with Gasteiger partial charge in [0.05, 0.1) is 4.92 Å². The lowest BCUT2D eigenvalue weighted by molar-refractivity contribution is -0.384. The van der Waals surface area contributed by atoms with Gasteiger partial charge in [-0.3, -0.25) is 10.1 Å². The molecule has 1 aromatic heterocycles. The predicted molar refractivity (Wildman–Crippen MR) is 72.5 cm³/mol. The summed E-state index contributed by atoms with van der Waals surface area (Å²) < 4.78 is 0. The van der Waals surface area contributed by atoms with Gasteiger partial charge in [0.1, 0.15) is 6.04 Å². The van der Waals surface area contributed by atoms with Crippen LogP contribution in [0.1, 0.15) is 32.1 Å². The monoisotopic (exact) mass is 279 g/mol. The van der Waals surface area contributed by atoms with Crippen LogP contribution < -0.4 is 5.32 Å². The number of carboxylic acid groups (broad SMARTS) is 1. The first-order valence-corrected chi connectivity index (χ1v) is 6.68. The van der Waals surface area contributed by atoms with Gasteiger partial charge in [0.2, 0.25) is 5.82 Å². The van der Waals surface area contributed by atoms with Crippen molar-refractivity contribution in [2.24, 2.45) is 5.92 Å². The van der Waals surface area contributed by atoms with E-state index in [0.29, 0.717) is 0 Å². The first-order valence-electron chi connectivity index (χ1n) is 6.68. The second kappa shape index (κ2) is 6.31. The van der Waals surface area contributed by atoms with Gasteiger partial charge in [-0.25, -0.2) is 9.78 Å². The van der Waals surface area contributed by atoms with Crippen LogP contribution in [0.4, 0.5) is 11.5 Å². The molecular formula is C13H17N3O4. The summed E-state index contributed by atoms with van der Waals surface area (Å²) in [5, 5.41) is 23.0. The van der Waals surface area contributed by atoms with Gasteiger partial charge < -0.3 is 10.4 Å². The van der Waals surface area contributed by atoms with Crippen LogP contribution >= 0.6 is 0 Å². The number of nitrogens with zero attached hydrogens (tertiary/aromatic N) is 2. The van der Waals surface area contributed by atoms with Gasteiger partial charge in [-0.05, 0) is 24.8 Å². The van der Waals surface area contributed by atoms with Crippen LogP contribution in [0.2, 0.25) is 0 Å². The van der Waals surface area contributed by atoms with Crippen molar-refractivity contribution in [3.05, 3.63) is 28.4 Å². The molecule has 0 saturated heterocycles. The zero-order valence-corrected chi connectivity index (χ0v) is 11.0. The van der Waals surface area contributed by atoms with E-state index in [1.165, 1.54) is 18.3 Å². The molecule has 0 radical (unpaired) electrons. The highest BCUT2D eigenvalue weighted by atomic mass is 16.6. The minimum atomic E-state index is -0.989. The number of aromatic nitrogens is 1. The number of hydrogen-bond donors (Lipinski definition) is 2. The Morgan fingerprint density at radius 3 is 2.75 bits per heavy atom. The Balaban J connectivity index is 2.20. The number of hydrogen-bond acceptors (Lipinski definition) is 5. The fraction of sp³-hybridized carbons (Fsp3) is 0.538. The van der Waals surface area contributed by atoms with Crippen LogP contribution in [-0.2, 0) is 4.79 Å². The van der Waals surface area contributed by atoms with Gasteiger partial charge >= 0.3 is 11.7 Å². The molecule has 1 aromatic rings. The summed E-state index contributed by atoms with van der Waals surface area (Å²) in [5.41, 5.74) is -0.199. The molecule has 1 saturated carbocycles. The first-order chi connectivity index (χ1) is 9.59. The molecule has 2 rings (SSSR count). The lowest BCUT2D eigenvalue weighted by atomic mass is 9.84. The molecule has 1 atom stereocenters. The largest absolute Gasteiger partial charge is 0.480 e. The van der Waals surface area contributed by atoms with E-state index in [1.807, 2.05) is 0 Å². The molecular weight excluding hydrogens is 262 g/mol. The Hall–Kier alpha value is -2.18. The van der Waals surface area contributed by atoms with Crippen LogP contribution in [0.15, 0.2) is 18.3 Å². The normalized spacial score (nSPS) is 17.4. The van der Waals surface area contributed by atoms with Crippen LogP contribution in [0.25, 0.3) is 0 Å². The zero-order valence-electron chi connectivity index (χ0n) is 11.0. The molecule has 7 heteroatoms. The van der Waals surface area contributed by atoms with Crippen LogP contribution in [0.3, 0.4) is 0 Å². The Labute approximate surface area is 116 Å². The van der Waals surface area contributed by atoms with Crippen molar-refractivity contribution in [3.8, 4) is 0 Å². The van der Waals surface area contributed by atoms with Gasteiger partial charge in [0.25, 0.3) is 0 Å². The summed E-state index contributed by atoms with van der Waals surface area (Å²) in [5.74, 6) is -0.977. The summed E-state index contributed by atoms with van der Waals surface area (Å²) >= 11 is 0. The highest BCUT2D eigenvalue weighted by Gasteiger charge is 2.31. The van der Waals surface area contributed by atoms with Crippen molar-refractivity contribution in [2.75, 3.05) is 5.32 Å². The number of anilines is 1. The molecule has 1 aliphatic rings. The Bertz CT molecular complexity index is 500. The predicted octanol–water partition coefficient (Wildman–Crippen LogP) is 2.44. The molecule has 0 spiro atoms. The van der Waals surface area contributed by atoms with Crippen LogP contribution in [0.5, 0.6) is 0 Å². The maximum absolute atomic E-state index is 11.4. The molecule has 0 aromatic carbocycles. The van der Waals surface area contributed by atoms with E-state index in [-0.39, 0.29) is 17.4 Å². The summed E-state index contributed by atoms with van der Waals surface area (Å²) in [7, 11) is 0. The molecule has 0 bridgehead atoms. The van der Waals surface area contributed by atoms with E-state index in [9.17, 15) is 20.0 Å². The van der Waals surface area contributed by atoms with E-state index in [1.54, 1.807) is 0 Å². The Kier molecular flexibility index (Phi) is 4.49. The molecule has 1 heterocycles. The Morgan fingerprint density at radius 1 is 1.45 bits per heavy atom. The maximum atomic E-state index is 11.4. The number of carboxylic acids is 1. The average Bonchev–Trinajstić information content (AvgIpc) is 2.45. The number of aliphatic carboxylic acids is 1. The summed E-state index contributed by atoms with van der Waals surface area (Å²) in [6.45, 7) is 0. The molecule has 20 heavy (non-hydrogen) atoms. The van der Waals surface area contributed by atoms with Crippen molar-refractivity contribution in [1.29, 1.82) is 0 Å². The smallest absolute Gasteiger partial charge is 0.326 e. The molecule has 2 N–H and O–H groups in total. The van der Waals surface area contributed by atoms with E-state index in [2.05, 4.69) is 10.3 Å². The van der Waals surface area contributed by atoms with E-state index >= 15 is 0 Å². The second-order valence-corrected chi connectivity index (χ2v) is 4.99. The quantitative estimate of drug-likeness (QED) is 0.633. The number of nitrogens with one attached hydrogen (secondary N) is 1. The minimum Gasteiger partial charge on any atom is -0.480 e. The number of nitro groups is 1. The first kappa shape index (κ1) is 14.2. The minimum absolute atomic E-state index is 0.0112.